The molecule has 2 amide bonds. The lowest BCUT2D eigenvalue weighted by Gasteiger charge is -2.03. The molecular formula is C28H24N4O2S3. The first-order valence-corrected chi connectivity index (χ1v) is 14.1. The van der Waals surface area contributed by atoms with Crippen molar-refractivity contribution in [1.82, 2.24) is 9.97 Å². The lowest BCUT2D eigenvalue weighted by molar-refractivity contribution is 0.102. The van der Waals surface area contributed by atoms with Crippen molar-refractivity contribution in [2.45, 2.75) is 27.7 Å². The van der Waals surface area contributed by atoms with Crippen LogP contribution >= 0.6 is 34.0 Å². The molecular weight excluding hydrogens is 521 g/mol. The van der Waals surface area contributed by atoms with E-state index in [2.05, 4.69) is 72.6 Å². The Kier molecular flexibility index (Phi) is 7.01. The van der Waals surface area contributed by atoms with Gasteiger partial charge in [-0.05, 0) is 74.2 Å². The minimum atomic E-state index is -0.295. The minimum absolute atomic E-state index is 0.295. The molecule has 0 aliphatic carbocycles. The molecule has 0 bridgehead atoms. The number of nitrogens with zero attached hydrogens (tertiary/aromatic N) is 2. The second kappa shape index (κ2) is 10.4. The van der Waals surface area contributed by atoms with Crippen LogP contribution in [0.15, 0.2) is 59.3 Å². The lowest BCUT2D eigenvalue weighted by atomic mass is 10.1. The Morgan fingerprint density at radius 2 is 1.05 bits per heavy atom. The van der Waals surface area contributed by atoms with Crippen LogP contribution < -0.4 is 10.6 Å². The number of aromatic nitrogens is 2. The van der Waals surface area contributed by atoms with Gasteiger partial charge in [-0.25, -0.2) is 9.97 Å². The number of rotatable bonds is 6. The largest absolute Gasteiger partial charge is 0.297 e. The number of carbonyl (C=O) groups is 2. The Morgan fingerprint density at radius 3 is 1.46 bits per heavy atom. The van der Waals surface area contributed by atoms with Gasteiger partial charge in [-0.2, -0.15) is 0 Å². The molecule has 0 aliphatic rings. The second-order valence-corrected chi connectivity index (χ2v) is 11.5. The molecule has 5 rings (SSSR count). The van der Waals surface area contributed by atoms with Gasteiger partial charge >= 0.3 is 0 Å². The van der Waals surface area contributed by atoms with E-state index in [0.717, 1.165) is 33.9 Å². The molecule has 0 saturated heterocycles. The summed E-state index contributed by atoms with van der Waals surface area (Å²) in [6.45, 7) is 8.27. The van der Waals surface area contributed by atoms with Crippen LogP contribution in [0.1, 0.15) is 41.6 Å². The van der Waals surface area contributed by atoms with Crippen molar-refractivity contribution >= 4 is 56.1 Å². The van der Waals surface area contributed by atoms with Gasteiger partial charge in [0.05, 0.1) is 21.1 Å². The molecule has 0 spiro atoms. The molecule has 2 N–H and O–H groups in total. The maximum Gasteiger partial charge on any atom is 0.267 e. The van der Waals surface area contributed by atoms with Crippen LogP contribution in [0.3, 0.4) is 0 Å². The fraction of sp³-hybridized carbons (Fsp3) is 0.143. The number of thiophene rings is 1. The maximum absolute atomic E-state index is 12.8. The topological polar surface area (TPSA) is 84.0 Å². The zero-order valence-corrected chi connectivity index (χ0v) is 23.2. The van der Waals surface area contributed by atoms with E-state index in [4.69, 9.17) is 0 Å². The first-order valence-electron chi connectivity index (χ1n) is 11.6. The molecule has 0 atom stereocenters. The Labute approximate surface area is 227 Å². The molecule has 0 saturated carbocycles. The van der Waals surface area contributed by atoms with E-state index in [9.17, 15) is 9.59 Å². The summed E-state index contributed by atoms with van der Waals surface area (Å²) in [6.07, 6.45) is 0. The zero-order chi connectivity index (χ0) is 26.1. The summed E-state index contributed by atoms with van der Waals surface area (Å²) in [5.74, 6) is -0.590. The predicted octanol–water partition coefficient (Wildman–Crippen LogP) is 7.73. The number of thiazole rings is 2. The van der Waals surface area contributed by atoms with Crippen LogP contribution in [0.4, 0.5) is 10.3 Å². The van der Waals surface area contributed by atoms with Gasteiger partial charge in [-0.15, -0.1) is 34.0 Å². The molecule has 3 heterocycles. The van der Waals surface area contributed by atoms with E-state index >= 15 is 0 Å². The van der Waals surface area contributed by atoms with Gasteiger partial charge in [0.1, 0.15) is 0 Å². The summed E-state index contributed by atoms with van der Waals surface area (Å²) in [4.78, 5) is 35.6. The smallest absolute Gasteiger partial charge is 0.267 e. The molecule has 9 heteroatoms. The molecule has 2 aromatic carbocycles. The highest BCUT2D eigenvalue weighted by atomic mass is 32.1. The third kappa shape index (κ3) is 5.53. The molecule has 0 unspecified atom stereocenters. The van der Waals surface area contributed by atoms with Gasteiger partial charge < -0.3 is 0 Å². The van der Waals surface area contributed by atoms with E-state index in [1.165, 1.54) is 44.9 Å². The summed E-state index contributed by atoms with van der Waals surface area (Å²) in [6, 6.07) is 15.7. The Hall–Kier alpha value is -3.66. The highest BCUT2D eigenvalue weighted by Gasteiger charge is 2.17. The third-order valence-electron chi connectivity index (χ3n) is 6.11. The molecule has 5 aromatic rings. The van der Waals surface area contributed by atoms with Gasteiger partial charge in [0.2, 0.25) is 0 Å². The number of carbonyl (C=O) groups excluding carboxylic acids is 2. The van der Waals surface area contributed by atoms with Gasteiger partial charge in [0.25, 0.3) is 11.8 Å². The van der Waals surface area contributed by atoms with E-state index in [1.54, 1.807) is 12.1 Å². The number of benzene rings is 2. The van der Waals surface area contributed by atoms with Crippen molar-refractivity contribution < 1.29 is 9.59 Å². The summed E-state index contributed by atoms with van der Waals surface area (Å²) in [5.41, 5.74) is 8.50. The standard InChI is InChI=1S/C28H24N4O2S3/c1-15-5-7-19(11-17(15)3)21-13-35-27(29-21)31-25(33)23-9-10-24(37-23)26(34)32-28-30-22(14-36-28)20-8-6-16(2)18(4)12-20/h5-14H,1-4H3,(H,29,31,33)(H,30,32,34). The van der Waals surface area contributed by atoms with Crippen LogP contribution in [0.5, 0.6) is 0 Å². The van der Waals surface area contributed by atoms with Crippen molar-refractivity contribution in [3.8, 4) is 22.5 Å². The Morgan fingerprint density at radius 1 is 0.622 bits per heavy atom. The van der Waals surface area contributed by atoms with Crippen molar-refractivity contribution in [2.24, 2.45) is 0 Å². The second-order valence-electron chi connectivity index (χ2n) is 8.75. The number of hydrogen-bond acceptors (Lipinski definition) is 7. The van der Waals surface area contributed by atoms with Crippen molar-refractivity contribution in [1.29, 1.82) is 0 Å². The number of anilines is 2. The normalized spacial score (nSPS) is 10.9. The molecule has 0 aliphatic heterocycles. The van der Waals surface area contributed by atoms with Crippen LogP contribution in [-0.2, 0) is 0 Å². The highest BCUT2D eigenvalue weighted by molar-refractivity contribution is 7.17. The zero-order valence-electron chi connectivity index (χ0n) is 20.7. The molecule has 0 radical (unpaired) electrons. The highest BCUT2D eigenvalue weighted by Crippen LogP contribution is 2.29. The number of hydrogen-bond donors (Lipinski definition) is 2. The molecule has 3 aromatic heterocycles. The SMILES string of the molecule is Cc1ccc(-c2csc(NC(=O)c3ccc(C(=O)Nc4nc(-c5ccc(C)c(C)c5)cs4)s3)n2)cc1C. The van der Waals surface area contributed by atoms with Crippen molar-refractivity contribution in [2.75, 3.05) is 10.6 Å². The van der Waals surface area contributed by atoms with E-state index < -0.39 is 0 Å². The summed E-state index contributed by atoms with van der Waals surface area (Å²) in [5, 5.41) is 10.6. The fourth-order valence-corrected chi connectivity index (χ4v) is 5.85. The first kappa shape index (κ1) is 25.0. The van der Waals surface area contributed by atoms with E-state index in [-0.39, 0.29) is 11.8 Å². The fourth-order valence-electron chi connectivity index (χ4n) is 3.63. The summed E-state index contributed by atoms with van der Waals surface area (Å²) >= 11 is 3.87. The lowest BCUT2D eigenvalue weighted by Crippen LogP contribution is -2.11. The monoisotopic (exact) mass is 544 g/mol. The average Bonchev–Trinajstić information content (AvgIpc) is 3.64. The van der Waals surface area contributed by atoms with Crippen LogP contribution in [-0.4, -0.2) is 21.8 Å². The Balaban J connectivity index is 1.23. The number of amides is 2. The molecule has 37 heavy (non-hydrogen) atoms. The van der Waals surface area contributed by atoms with Crippen LogP contribution in [0, 0.1) is 27.7 Å². The average molecular weight is 545 g/mol. The maximum atomic E-state index is 12.8. The van der Waals surface area contributed by atoms with E-state index in [0.29, 0.717) is 20.0 Å². The molecule has 186 valence electrons. The minimum Gasteiger partial charge on any atom is -0.297 e. The van der Waals surface area contributed by atoms with Gasteiger partial charge in [-0.3, -0.25) is 20.2 Å². The van der Waals surface area contributed by atoms with Crippen LogP contribution in [0.2, 0.25) is 0 Å². The Bertz CT molecular complexity index is 1510. The predicted molar refractivity (Wildman–Crippen MR) is 154 cm³/mol. The quantitative estimate of drug-likeness (QED) is 0.229. The summed E-state index contributed by atoms with van der Waals surface area (Å²) < 4.78 is 0. The van der Waals surface area contributed by atoms with Gasteiger partial charge in [0, 0.05) is 21.9 Å². The first-order chi connectivity index (χ1) is 17.8. The molecule has 6 nitrogen and oxygen atoms in total. The van der Waals surface area contributed by atoms with Crippen molar-refractivity contribution in [3.05, 3.63) is 91.3 Å². The number of nitrogens with one attached hydrogen (secondary N) is 2. The number of aryl methyl sites for hydroxylation is 4. The van der Waals surface area contributed by atoms with Crippen molar-refractivity contribution in [3.63, 3.8) is 0 Å². The van der Waals surface area contributed by atoms with Gasteiger partial charge in [0.15, 0.2) is 10.3 Å². The summed E-state index contributed by atoms with van der Waals surface area (Å²) in [7, 11) is 0. The van der Waals surface area contributed by atoms with Crippen LogP contribution in [0.25, 0.3) is 22.5 Å². The van der Waals surface area contributed by atoms with E-state index in [1.807, 2.05) is 22.9 Å². The molecule has 0 fully saturated rings. The third-order valence-corrected chi connectivity index (χ3v) is 8.71. The van der Waals surface area contributed by atoms with Gasteiger partial charge in [-0.1, -0.05) is 24.3 Å².